The molecule has 0 saturated heterocycles. The molecule has 0 amide bonds. The number of phenolic OH excluding ortho intramolecular Hbond substituents is 2. The summed E-state index contributed by atoms with van der Waals surface area (Å²) in [6.45, 7) is 0.209. The van der Waals surface area contributed by atoms with Crippen LogP contribution in [0, 0.1) is 17.1 Å². The first-order valence-corrected chi connectivity index (χ1v) is 5.55. The van der Waals surface area contributed by atoms with Crippen molar-refractivity contribution in [2.75, 3.05) is 5.32 Å². The molecule has 0 aromatic heterocycles. The van der Waals surface area contributed by atoms with Crippen molar-refractivity contribution in [3.63, 3.8) is 0 Å². The Kier molecular flexibility index (Phi) is 3.53. The zero-order valence-corrected chi connectivity index (χ0v) is 9.89. The number of phenols is 2. The molecule has 0 saturated carbocycles. The minimum absolute atomic E-state index is 0.180. The number of hydrogen-bond acceptors (Lipinski definition) is 4. The lowest BCUT2D eigenvalue weighted by Crippen LogP contribution is -2.02. The number of aromatic hydroxyl groups is 2. The van der Waals surface area contributed by atoms with Crippen molar-refractivity contribution in [3.8, 4) is 17.6 Å². The maximum Gasteiger partial charge on any atom is 0.162 e. The second kappa shape index (κ2) is 5.27. The van der Waals surface area contributed by atoms with Gasteiger partial charge in [-0.3, -0.25) is 0 Å². The van der Waals surface area contributed by atoms with E-state index in [1.54, 1.807) is 12.1 Å². The predicted molar refractivity (Wildman–Crippen MR) is 68.2 cm³/mol. The summed E-state index contributed by atoms with van der Waals surface area (Å²) in [4.78, 5) is 0. The lowest BCUT2D eigenvalue weighted by Gasteiger charge is -2.10. The number of para-hydroxylation sites is 1. The van der Waals surface area contributed by atoms with Crippen molar-refractivity contribution >= 4 is 5.69 Å². The molecule has 2 aromatic carbocycles. The van der Waals surface area contributed by atoms with Crippen LogP contribution in [0.5, 0.6) is 11.5 Å². The van der Waals surface area contributed by atoms with Gasteiger partial charge in [-0.25, -0.2) is 4.39 Å². The molecule has 0 aliphatic rings. The van der Waals surface area contributed by atoms with Crippen LogP contribution < -0.4 is 5.32 Å². The van der Waals surface area contributed by atoms with Gasteiger partial charge in [-0.2, -0.15) is 5.26 Å². The minimum Gasteiger partial charge on any atom is -0.504 e. The Hall–Kier alpha value is -2.74. The van der Waals surface area contributed by atoms with Crippen LogP contribution in [0.1, 0.15) is 11.1 Å². The van der Waals surface area contributed by atoms with Crippen LogP contribution in [0.4, 0.5) is 10.1 Å². The second-order valence-corrected chi connectivity index (χ2v) is 3.94. The smallest absolute Gasteiger partial charge is 0.162 e. The zero-order chi connectivity index (χ0) is 13.8. The molecular weight excluding hydrogens is 247 g/mol. The Morgan fingerprint density at radius 2 is 2.00 bits per heavy atom. The Bertz CT molecular complexity index is 650. The summed E-state index contributed by atoms with van der Waals surface area (Å²) in [7, 11) is 0. The topological polar surface area (TPSA) is 76.3 Å². The lowest BCUT2D eigenvalue weighted by molar-refractivity contribution is 0.400. The standard InChI is InChI=1S/C14H11FN2O2/c15-11-4-5-12(10(6-11)7-16)17-8-9-2-1-3-13(18)14(9)19/h1-6,17-19H,8H2. The van der Waals surface area contributed by atoms with Gasteiger partial charge in [-0.1, -0.05) is 12.1 Å². The highest BCUT2D eigenvalue weighted by Gasteiger charge is 2.07. The van der Waals surface area contributed by atoms with Gasteiger partial charge in [-0.05, 0) is 24.3 Å². The number of benzene rings is 2. The summed E-state index contributed by atoms with van der Waals surface area (Å²) in [5.41, 5.74) is 1.12. The summed E-state index contributed by atoms with van der Waals surface area (Å²) in [5.74, 6) is -0.906. The van der Waals surface area contributed by atoms with Crippen LogP contribution in [-0.4, -0.2) is 10.2 Å². The van der Waals surface area contributed by atoms with Gasteiger partial charge in [0, 0.05) is 12.1 Å². The fourth-order valence-corrected chi connectivity index (χ4v) is 1.67. The first-order chi connectivity index (χ1) is 9.11. The average molecular weight is 258 g/mol. The van der Waals surface area contributed by atoms with Crippen LogP contribution >= 0.6 is 0 Å². The zero-order valence-electron chi connectivity index (χ0n) is 9.89. The molecule has 4 nitrogen and oxygen atoms in total. The highest BCUT2D eigenvalue weighted by Crippen LogP contribution is 2.29. The van der Waals surface area contributed by atoms with E-state index in [0.29, 0.717) is 11.3 Å². The molecule has 0 bridgehead atoms. The van der Waals surface area contributed by atoms with E-state index in [0.717, 1.165) is 6.07 Å². The normalized spacial score (nSPS) is 9.89. The van der Waals surface area contributed by atoms with E-state index in [4.69, 9.17) is 5.26 Å². The lowest BCUT2D eigenvalue weighted by atomic mass is 10.1. The Labute approximate surface area is 109 Å². The third-order valence-corrected chi connectivity index (χ3v) is 2.67. The van der Waals surface area contributed by atoms with E-state index in [1.807, 2.05) is 6.07 Å². The first kappa shape index (κ1) is 12.7. The van der Waals surface area contributed by atoms with Crippen molar-refractivity contribution in [3.05, 3.63) is 53.3 Å². The molecule has 3 N–H and O–H groups in total. The first-order valence-electron chi connectivity index (χ1n) is 5.55. The molecule has 2 rings (SSSR count). The number of nitrogens with one attached hydrogen (secondary N) is 1. The number of nitriles is 1. The summed E-state index contributed by atoms with van der Waals surface area (Å²) in [6, 6.07) is 10.3. The maximum absolute atomic E-state index is 13.0. The van der Waals surface area contributed by atoms with E-state index in [2.05, 4.69) is 5.32 Å². The molecule has 96 valence electrons. The van der Waals surface area contributed by atoms with Crippen LogP contribution in [0.2, 0.25) is 0 Å². The van der Waals surface area contributed by atoms with Gasteiger partial charge in [-0.15, -0.1) is 0 Å². The van der Waals surface area contributed by atoms with Gasteiger partial charge in [0.05, 0.1) is 11.3 Å². The van der Waals surface area contributed by atoms with Crippen LogP contribution in [0.15, 0.2) is 36.4 Å². The van der Waals surface area contributed by atoms with Gasteiger partial charge >= 0.3 is 0 Å². The molecule has 0 aliphatic heterocycles. The molecule has 0 atom stereocenters. The molecule has 2 aromatic rings. The molecule has 5 heteroatoms. The van der Waals surface area contributed by atoms with Crippen LogP contribution in [0.3, 0.4) is 0 Å². The van der Waals surface area contributed by atoms with Crippen LogP contribution in [0.25, 0.3) is 0 Å². The van der Waals surface area contributed by atoms with Crippen molar-refractivity contribution in [2.45, 2.75) is 6.54 Å². The van der Waals surface area contributed by atoms with E-state index < -0.39 is 5.82 Å². The quantitative estimate of drug-likeness (QED) is 0.740. The second-order valence-electron chi connectivity index (χ2n) is 3.94. The molecule has 0 unspecified atom stereocenters. The summed E-state index contributed by atoms with van der Waals surface area (Å²) >= 11 is 0. The SMILES string of the molecule is N#Cc1cc(F)ccc1NCc1cccc(O)c1O. The summed E-state index contributed by atoms with van der Waals surface area (Å²) in [6.07, 6.45) is 0. The Morgan fingerprint density at radius 1 is 1.21 bits per heavy atom. The fraction of sp³-hybridized carbons (Fsp3) is 0.0714. The van der Waals surface area contributed by atoms with E-state index >= 15 is 0 Å². The Balaban J connectivity index is 2.20. The maximum atomic E-state index is 13.0. The highest BCUT2D eigenvalue weighted by atomic mass is 19.1. The molecule has 0 fully saturated rings. The van der Waals surface area contributed by atoms with E-state index in [-0.39, 0.29) is 23.6 Å². The largest absolute Gasteiger partial charge is 0.504 e. The molecule has 19 heavy (non-hydrogen) atoms. The fourth-order valence-electron chi connectivity index (χ4n) is 1.67. The van der Waals surface area contributed by atoms with Crippen molar-refractivity contribution < 1.29 is 14.6 Å². The Morgan fingerprint density at radius 3 is 2.74 bits per heavy atom. The molecule has 0 aliphatic carbocycles. The van der Waals surface area contributed by atoms with Crippen molar-refractivity contribution in [1.29, 1.82) is 5.26 Å². The third kappa shape index (κ3) is 2.75. The summed E-state index contributed by atoms with van der Waals surface area (Å²) in [5, 5.41) is 30.8. The molecule has 0 heterocycles. The number of anilines is 1. The van der Waals surface area contributed by atoms with Crippen molar-refractivity contribution in [2.24, 2.45) is 0 Å². The summed E-state index contributed by atoms with van der Waals surface area (Å²) < 4.78 is 13.0. The third-order valence-electron chi connectivity index (χ3n) is 2.67. The van der Waals surface area contributed by atoms with Gasteiger partial charge in [0.1, 0.15) is 11.9 Å². The molecule has 0 radical (unpaired) electrons. The predicted octanol–water partition coefficient (Wildman–Crippen LogP) is 2.72. The number of rotatable bonds is 3. The van der Waals surface area contributed by atoms with Gasteiger partial charge in [0.2, 0.25) is 0 Å². The van der Waals surface area contributed by atoms with Gasteiger partial charge < -0.3 is 15.5 Å². The van der Waals surface area contributed by atoms with Gasteiger partial charge in [0.15, 0.2) is 11.5 Å². The minimum atomic E-state index is -0.484. The van der Waals surface area contributed by atoms with Crippen molar-refractivity contribution in [1.82, 2.24) is 0 Å². The molecule has 0 spiro atoms. The van der Waals surface area contributed by atoms with Gasteiger partial charge in [0.25, 0.3) is 0 Å². The highest BCUT2D eigenvalue weighted by molar-refractivity contribution is 5.58. The van der Waals surface area contributed by atoms with Crippen LogP contribution in [-0.2, 0) is 6.54 Å². The number of hydrogen-bond donors (Lipinski definition) is 3. The number of halogens is 1. The molecular formula is C14H11FN2O2. The monoisotopic (exact) mass is 258 g/mol. The van der Waals surface area contributed by atoms with E-state index in [1.165, 1.54) is 18.2 Å². The number of nitrogens with zero attached hydrogens (tertiary/aromatic N) is 1. The van der Waals surface area contributed by atoms with E-state index in [9.17, 15) is 14.6 Å². The average Bonchev–Trinajstić information content (AvgIpc) is 2.41.